The van der Waals surface area contributed by atoms with E-state index in [0.717, 1.165) is 17.2 Å². The van der Waals surface area contributed by atoms with Gasteiger partial charge in [0.05, 0.1) is 18.1 Å². The van der Waals surface area contributed by atoms with Gasteiger partial charge in [-0.05, 0) is 19.9 Å². The Morgan fingerprint density at radius 3 is 3.00 bits per heavy atom. The van der Waals surface area contributed by atoms with E-state index in [0.29, 0.717) is 11.7 Å². The zero-order chi connectivity index (χ0) is 13.0. The SMILES string of the molecule is COc1ccnc(CS[C@@H](C)c2nc(C)no2)c1. The lowest BCUT2D eigenvalue weighted by atomic mass is 10.3. The first kappa shape index (κ1) is 12.9. The topological polar surface area (TPSA) is 61.0 Å². The molecule has 6 heteroatoms. The second-order valence-corrected chi connectivity index (χ2v) is 5.15. The molecule has 0 aliphatic heterocycles. The normalized spacial score (nSPS) is 12.4. The summed E-state index contributed by atoms with van der Waals surface area (Å²) in [5, 5.41) is 3.94. The first-order chi connectivity index (χ1) is 8.69. The van der Waals surface area contributed by atoms with Crippen molar-refractivity contribution >= 4 is 11.8 Å². The number of ether oxygens (including phenoxy) is 1. The molecule has 96 valence electrons. The summed E-state index contributed by atoms with van der Waals surface area (Å²) in [4.78, 5) is 8.50. The van der Waals surface area contributed by atoms with Crippen LogP contribution in [0.25, 0.3) is 0 Å². The monoisotopic (exact) mass is 265 g/mol. The van der Waals surface area contributed by atoms with Gasteiger partial charge in [-0.25, -0.2) is 0 Å². The van der Waals surface area contributed by atoms with Gasteiger partial charge in [-0.1, -0.05) is 5.16 Å². The summed E-state index contributed by atoms with van der Waals surface area (Å²) in [6.45, 7) is 3.85. The molecule has 0 fully saturated rings. The summed E-state index contributed by atoms with van der Waals surface area (Å²) in [6, 6.07) is 3.76. The van der Waals surface area contributed by atoms with Crippen LogP contribution in [-0.4, -0.2) is 22.2 Å². The lowest BCUT2D eigenvalue weighted by molar-refractivity contribution is 0.376. The van der Waals surface area contributed by atoms with E-state index >= 15 is 0 Å². The minimum atomic E-state index is 0.152. The fraction of sp³-hybridized carbons (Fsp3) is 0.417. The highest BCUT2D eigenvalue weighted by Gasteiger charge is 2.13. The minimum absolute atomic E-state index is 0.152. The zero-order valence-corrected chi connectivity index (χ0v) is 11.4. The van der Waals surface area contributed by atoms with Gasteiger partial charge in [-0.2, -0.15) is 4.98 Å². The van der Waals surface area contributed by atoms with Gasteiger partial charge in [0.1, 0.15) is 5.75 Å². The van der Waals surface area contributed by atoms with E-state index in [1.54, 1.807) is 25.1 Å². The molecule has 0 aliphatic carbocycles. The molecular formula is C12H15N3O2S. The molecule has 0 bridgehead atoms. The number of hydrogen-bond donors (Lipinski definition) is 0. The Kier molecular flexibility index (Phi) is 4.19. The largest absolute Gasteiger partial charge is 0.497 e. The van der Waals surface area contributed by atoms with Crippen LogP contribution >= 0.6 is 11.8 Å². The highest BCUT2D eigenvalue weighted by Crippen LogP contribution is 2.29. The molecular weight excluding hydrogens is 250 g/mol. The molecule has 1 atom stereocenters. The Labute approximate surface area is 110 Å². The van der Waals surface area contributed by atoms with Gasteiger partial charge in [0.25, 0.3) is 0 Å². The predicted molar refractivity (Wildman–Crippen MR) is 69.5 cm³/mol. The van der Waals surface area contributed by atoms with E-state index in [2.05, 4.69) is 15.1 Å². The molecule has 0 spiro atoms. The Morgan fingerprint density at radius 2 is 2.33 bits per heavy atom. The van der Waals surface area contributed by atoms with Crippen molar-refractivity contribution in [2.24, 2.45) is 0 Å². The van der Waals surface area contributed by atoms with Crippen LogP contribution in [-0.2, 0) is 5.75 Å². The van der Waals surface area contributed by atoms with E-state index in [-0.39, 0.29) is 5.25 Å². The highest BCUT2D eigenvalue weighted by atomic mass is 32.2. The number of pyridine rings is 1. The fourth-order valence-corrected chi connectivity index (χ4v) is 2.24. The van der Waals surface area contributed by atoms with Crippen molar-refractivity contribution in [3.8, 4) is 5.75 Å². The molecule has 2 aromatic rings. The molecule has 0 saturated carbocycles. The quantitative estimate of drug-likeness (QED) is 0.828. The van der Waals surface area contributed by atoms with Gasteiger partial charge < -0.3 is 9.26 Å². The average molecular weight is 265 g/mol. The third kappa shape index (κ3) is 3.22. The third-order valence-electron chi connectivity index (χ3n) is 2.40. The Bertz CT molecular complexity index is 516. The van der Waals surface area contributed by atoms with Crippen molar-refractivity contribution < 1.29 is 9.26 Å². The smallest absolute Gasteiger partial charge is 0.239 e. The molecule has 0 amide bonds. The number of nitrogens with zero attached hydrogens (tertiary/aromatic N) is 3. The van der Waals surface area contributed by atoms with Crippen molar-refractivity contribution in [2.45, 2.75) is 24.9 Å². The number of aryl methyl sites for hydroxylation is 1. The van der Waals surface area contributed by atoms with Gasteiger partial charge in [-0.3, -0.25) is 4.98 Å². The summed E-state index contributed by atoms with van der Waals surface area (Å²) in [6.07, 6.45) is 1.75. The molecule has 0 radical (unpaired) electrons. The van der Waals surface area contributed by atoms with Crippen LogP contribution in [0.5, 0.6) is 5.75 Å². The molecule has 0 saturated heterocycles. The van der Waals surface area contributed by atoms with Crippen LogP contribution in [0.15, 0.2) is 22.9 Å². The fourth-order valence-electron chi connectivity index (χ4n) is 1.42. The molecule has 2 rings (SSSR count). The third-order valence-corrected chi connectivity index (χ3v) is 3.56. The molecule has 0 aromatic carbocycles. The van der Waals surface area contributed by atoms with Gasteiger partial charge in [-0.15, -0.1) is 11.8 Å². The number of aromatic nitrogens is 3. The second-order valence-electron chi connectivity index (χ2n) is 3.82. The predicted octanol–water partition coefficient (Wildman–Crippen LogP) is 2.78. The first-order valence-corrected chi connectivity index (χ1v) is 6.64. The molecule has 0 N–H and O–H groups in total. The van der Waals surface area contributed by atoms with E-state index < -0.39 is 0 Å². The van der Waals surface area contributed by atoms with Crippen molar-refractivity contribution in [2.75, 3.05) is 7.11 Å². The van der Waals surface area contributed by atoms with Gasteiger partial charge in [0.2, 0.25) is 5.89 Å². The molecule has 2 aromatic heterocycles. The van der Waals surface area contributed by atoms with Crippen molar-refractivity contribution in [3.63, 3.8) is 0 Å². The Balaban J connectivity index is 1.94. The summed E-state index contributed by atoms with van der Waals surface area (Å²) in [5.74, 6) is 2.92. The lowest BCUT2D eigenvalue weighted by Crippen LogP contribution is -1.93. The van der Waals surface area contributed by atoms with Gasteiger partial charge >= 0.3 is 0 Å². The molecule has 0 unspecified atom stereocenters. The summed E-state index contributed by atoms with van der Waals surface area (Å²) >= 11 is 1.70. The summed E-state index contributed by atoms with van der Waals surface area (Å²) < 4.78 is 10.3. The van der Waals surface area contributed by atoms with Crippen molar-refractivity contribution in [3.05, 3.63) is 35.7 Å². The van der Waals surface area contributed by atoms with Crippen LogP contribution in [0.2, 0.25) is 0 Å². The Hall–Kier alpha value is -1.56. The number of hydrogen-bond acceptors (Lipinski definition) is 6. The maximum Gasteiger partial charge on any atom is 0.239 e. The summed E-state index contributed by atoms with van der Waals surface area (Å²) in [5.41, 5.74) is 0.974. The van der Waals surface area contributed by atoms with E-state index in [1.807, 2.05) is 26.0 Å². The number of methoxy groups -OCH3 is 1. The van der Waals surface area contributed by atoms with E-state index in [1.165, 1.54) is 0 Å². The number of thioether (sulfide) groups is 1. The van der Waals surface area contributed by atoms with Crippen LogP contribution in [0, 0.1) is 6.92 Å². The average Bonchev–Trinajstić information content (AvgIpc) is 2.83. The maximum atomic E-state index is 5.16. The van der Waals surface area contributed by atoms with E-state index in [9.17, 15) is 0 Å². The molecule has 0 aliphatic rings. The van der Waals surface area contributed by atoms with Crippen LogP contribution < -0.4 is 4.74 Å². The lowest BCUT2D eigenvalue weighted by Gasteiger charge is -2.06. The van der Waals surface area contributed by atoms with Crippen molar-refractivity contribution in [1.29, 1.82) is 0 Å². The first-order valence-electron chi connectivity index (χ1n) is 5.60. The van der Waals surface area contributed by atoms with E-state index in [4.69, 9.17) is 9.26 Å². The maximum absolute atomic E-state index is 5.16. The molecule has 18 heavy (non-hydrogen) atoms. The van der Waals surface area contributed by atoms with Crippen molar-refractivity contribution in [1.82, 2.24) is 15.1 Å². The molecule has 5 nitrogen and oxygen atoms in total. The van der Waals surface area contributed by atoms with Gasteiger partial charge in [0.15, 0.2) is 5.82 Å². The Morgan fingerprint density at radius 1 is 1.50 bits per heavy atom. The van der Waals surface area contributed by atoms with Crippen LogP contribution in [0.1, 0.15) is 29.6 Å². The standard InChI is InChI=1S/C12H15N3O2S/c1-8(12-14-9(2)15-17-12)18-7-10-6-11(16-3)4-5-13-10/h4-6,8H,7H2,1-3H3/t8-/m0/s1. The number of rotatable bonds is 5. The summed E-state index contributed by atoms with van der Waals surface area (Å²) in [7, 11) is 1.65. The minimum Gasteiger partial charge on any atom is -0.497 e. The van der Waals surface area contributed by atoms with Gasteiger partial charge in [0, 0.05) is 18.0 Å². The molecule has 2 heterocycles. The van der Waals surface area contributed by atoms with Crippen LogP contribution in [0.3, 0.4) is 0 Å². The highest BCUT2D eigenvalue weighted by molar-refractivity contribution is 7.98. The zero-order valence-electron chi connectivity index (χ0n) is 10.6. The van der Waals surface area contributed by atoms with Crippen LogP contribution in [0.4, 0.5) is 0 Å². The second kappa shape index (κ2) is 5.86.